The highest BCUT2D eigenvalue weighted by Crippen LogP contribution is 2.20. The predicted molar refractivity (Wildman–Crippen MR) is 101 cm³/mol. The molecule has 130 valence electrons. The van der Waals surface area contributed by atoms with E-state index in [1.54, 1.807) is 6.20 Å². The molecule has 0 saturated heterocycles. The Bertz CT molecular complexity index is 882. The fraction of sp³-hybridized carbons (Fsp3) is 0.333. The van der Waals surface area contributed by atoms with Gasteiger partial charge in [-0.15, -0.1) is 0 Å². The molecule has 1 aromatic carbocycles. The molecule has 0 aliphatic heterocycles. The number of nitrogens with zero attached hydrogens (tertiary/aromatic N) is 2. The third kappa shape index (κ3) is 3.90. The van der Waals surface area contributed by atoms with E-state index in [4.69, 9.17) is 0 Å². The van der Waals surface area contributed by atoms with Gasteiger partial charge in [0.05, 0.1) is 11.7 Å². The number of pyridine rings is 1. The topological polar surface area (TPSA) is 46.9 Å². The standard InChI is InChI=1S/C21H25N3O/c1-4-18(19-13-15(2)9-11-22-19)23-21(25)10-12-24-16(3)14-17-7-5-6-8-20(17)24/h5-9,11,13-14,18H,4,10,12H2,1-3H3,(H,23,25). The Kier molecular flexibility index (Phi) is 5.17. The molecule has 1 amide bonds. The van der Waals surface area contributed by atoms with E-state index in [2.05, 4.69) is 46.9 Å². The Labute approximate surface area is 148 Å². The number of hydrogen-bond donors (Lipinski definition) is 1. The lowest BCUT2D eigenvalue weighted by molar-refractivity contribution is -0.122. The van der Waals surface area contributed by atoms with Crippen LogP contribution in [0, 0.1) is 13.8 Å². The molecule has 0 fully saturated rings. The van der Waals surface area contributed by atoms with Crippen LogP contribution >= 0.6 is 0 Å². The molecule has 2 aromatic heterocycles. The van der Waals surface area contributed by atoms with Crippen molar-refractivity contribution in [3.8, 4) is 0 Å². The van der Waals surface area contributed by atoms with Gasteiger partial charge in [-0.05, 0) is 55.5 Å². The molecule has 4 nitrogen and oxygen atoms in total. The molecule has 1 N–H and O–H groups in total. The first-order chi connectivity index (χ1) is 12.1. The maximum absolute atomic E-state index is 12.5. The summed E-state index contributed by atoms with van der Waals surface area (Å²) in [5.41, 5.74) is 4.45. The summed E-state index contributed by atoms with van der Waals surface area (Å²) >= 11 is 0. The van der Waals surface area contributed by atoms with Crippen LogP contribution in [-0.2, 0) is 11.3 Å². The van der Waals surface area contributed by atoms with Gasteiger partial charge in [0.15, 0.2) is 0 Å². The molecule has 3 aromatic rings. The number of amides is 1. The average molecular weight is 335 g/mol. The second-order valence-corrected chi connectivity index (χ2v) is 6.53. The van der Waals surface area contributed by atoms with Crippen LogP contribution in [0.2, 0.25) is 0 Å². The fourth-order valence-electron chi connectivity index (χ4n) is 3.26. The van der Waals surface area contributed by atoms with Crippen LogP contribution in [0.1, 0.15) is 42.8 Å². The van der Waals surface area contributed by atoms with E-state index >= 15 is 0 Å². The second-order valence-electron chi connectivity index (χ2n) is 6.53. The Morgan fingerprint density at radius 2 is 2.00 bits per heavy atom. The summed E-state index contributed by atoms with van der Waals surface area (Å²) in [5, 5.41) is 4.34. The zero-order valence-corrected chi connectivity index (χ0v) is 15.1. The Morgan fingerprint density at radius 1 is 1.20 bits per heavy atom. The monoisotopic (exact) mass is 335 g/mol. The molecule has 25 heavy (non-hydrogen) atoms. The molecule has 0 aliphatic rings. The Hall–Kier alpha value is -2.62. The van der Waals surface area contributed by atoms with Crippen molar-refractivity contribution in [3.63, 3.8) is 0 Å². The van der Waals surface area contributed by atoms with Crippen LogP contribution in [0.5, 0.6) is 0 Å². The summed E-state index contributed by atoms with van der Waals surface area (Å²) in [7, 11) is 0. The maximum atomic E-state index is 12.5. The number of hydrogen-bond acceptors (Lipinski definition) is 2. The highest BCUT2D eigenvalue weighted by atomic mass is 16.1. The minimum absolute atomic E-state index is 0.0325. The molecular weight excluding hydrogens is 310 g/mol. The summed E-state index contributed by atoms with van der Waals surface area (Å²) in [4.78, 5) is 16.9. The fourth-order valence-corrected chi connectivity index (χ4v) is 3.26. The van der Waals surface area contributed by atoms with Crippen LogP contribution in [0.15, 0.2) is 48.7 Å². The van der Waals surface area contributed by atoms with E-state index in [9.17, 15) is 4.79 Å². The summed E-state index contributed by atoms with van der Waals surface area (Å²) in [6, 6.07) is 14.4. The Balaban J connectivity index is 1.66. The molecule has 1 atom stereocenters. The number of carbonyl (C=O) groups excluding carboxylic acids is 1. The quantitative estimate of drug-likeness (QED) is 0.729. The van der Waals surface area contributed by atoms with Gasteiger partial charge in [-0.25, -0.2) is 0 Å². The summed E-state index contributed by atoms with van der Waals surface area (Å²) in [5.74, 6) is 0.0623. The molecule has 3 rings (SSSR count). The highest BCUT2D eigenvalue weighted by Gasteiger charge is 2.15. The number of aryl methyl sites for hydroxylation is 3. The van der Waals surface area contributed by atoms with Crippen LogP contribution in [0.25, 0.3) is 10.9 Å². The number of rotatable bonds is 6. The zero-order chi connectivity index (χ0) is 17.8. The molecule has 2 heterocycles. The van der Waals surface area contributed by atoms with E-state index in [1.165, 1.54) is 16.6 Å². The van der Waals surface area contributed by atoms with Crippen LogP contribution in [0.4, 0.5) is 0 Å². The zero-order valence-electron chi connectivity index (χ0n) is 15.1. The lowest BCUT2D eigenvalue weighted by Gasteiger charge is -2.17. The second kappa shape index (κ2) is 7.51. The normalized spacial score (nSPS) is 12.3. The number of nitrogens with one attached hydrogen (secondary N) is 1. The van der Waals surface area contributed by atoms with E-state index in [0.29, 0.717) is 13.0 Å². The lowest BCUT2D eigenvalue weighted by atomic mass is 10.1. The van der Waals surface area contributed by atoms with Crippen molar-refractivity contribution < 1.29 is 4.79 Å². The predicted octanol–water partition coefficient (Wildman–Crippen LogP) is 4.31. The average Bonchev–Trinajstić information content (AvgIpc) is 2.93. The molecule has 0 saturated carbocycles. The first-order valence-electron chi connectivity index (χ1n) is 8.85. The molecule has 0 bridgehead atoms. The summed E-state index contributed by atoms with van der Waals surface area (Å²) < 4.78 is 2.21. The van der Waals surface area contributed by atoms with Crippen LogP contribution < -0.4 is 5.32 Å². The third-order valence-corrected chi connectivity index (χ3v) is 4.62. The van der Waals surface area contributed by atoms with Crippen molar-refractivity contribution in [1.29, 1.82) is 0 Å². The molecule has 1 unspecified atom stereocenters. The number of fused-ring (bicyclic) bond motifs is 1. The lowest BCUT2D eigenvalue weighted by Crippen LogP contribution is -2.29. The largest absolute Gasteiger partial charge is 0.348 e. The van der Waals surface area contributed by atoms with Crippen LogP contribution in [0.3, 0.4) is 0 Å². The first-order valence-corrected chi connectivity index (χ1v) is 8.85. The van der Waals surface area contributed by atoms with Gasteiger partial charge in [0.1, 0.15) is 0 Å². The SMILES string of the molecule is CCC(NC(=O)CCn1c(C)cc2ccccc21)c1cc(C)ccn1. The van der Waals surface area contributed by atoms with Gasteiger partial charge in [-0.1, -0.05) is 25.1 Å². The molecule has 4 heteroatoms. The third-order valence-electron chi connectivity index (χ3n) is 4.62. The van der Waals surface area contributed by atoms with Gasteiger partial charge < -0.3 is 9.88 Å². The number of carbonyl (C=O) groups is 1. The van der Waals surface area contributed by atoms with Crippen molar-refractivity contribution in [2.24, 2.45) is 0 Å². The van der Waals surface area contributed by atoms with E-state index in [0.717, 1.165) is 17.7 Å². The Morgan fingerprint density at radius 3 is 2.76 bits per heavy atom. The minimum atomic E-state index is -0.0325. The van der Waals surface area contributed by atoms with Gasteiger partial charge in [0.2, 0.25) is 5.91 Å². The maximum Gasteiger partial charge on any atom is 0.222 e. The van der Waals surface area contributed by atoms with E-state index in [1.807, 2.05) is 31.2 Å². The minimum Gasteiger partial charge on any atom is -0.348 e. The van der Waals surface area contributed by atoms with Gasteiger partial charge >= 0.3 is 0 Å². The number of para-hydroxylation sites is 1. The summed E-state index contributed by atoms with van der Waals surface area (Å²) in [6.45, 7) is 6.88. The summed E-state index contributed by atoms with van der Waals surface area (Å²) in [6.07, 6.45) is 3.09. The van der Waals surface area contributed by atoms with Crippen LogP contribution in [-0.4, -0.2) is 15.5 Å². The molecule has 0 radical (unpaired) electrons. The molecule has 0 spiro atoms. The van der Waals surface area contributed by atoms with Crippen molar-refractivity contribution in [2.75, 3.05) is 0 Å². The number of benzene rings is 1. The van der Waals surface area contributed by atoms with Crippen molar-refractivity contribution in [3.05, 3.63) is 65.6 Å². The smallest absolute Gasteiger partial charge is 0.222 e. The van der Waals surface area contributed by atoms with Crippen molar-refractivity contribution in [2.45, 2.75) is 46.2 Å². The molecule has 0 aliphatic carbocycles. The van der Waals surface area contributed by atoms with Gasteiger partial charge in [0.25, 0.3) is 0 Å². The highest BCUT2D eigenvalue weighted by molar-refractivity contribution is 5.81. The molecular formula is C21H25N3O. The van der Waals surface area contributed by atoms with Crippen molar-refractivity contribution >= 4 is 16.8 Å². The van der Waals surface area contributed by atoms with Gasteiger partial charge in [0, 0.05) is 30.4 Å². The first kappa shape index (κ1) is 17.2. The van der Waals surface area contributed by atoms with E-state index < -0.39 is 0 Å². The number of aromatic nitrogens is 2. The van der Waals surface area contributed by atoms with Gasteiger partial charge in [-0.2, -0.15) is 0 Å². The van der Waals surface area contributed by atoms with E-state index in [-0.39, 0.29) is 11.9 Å². The van der Waals surface area contributed by atoms with Gasteiger partial charge in [-0.3, -0.25) is 9.78 Å². The van der Waals surface area contributed by atoms with Crippen molar-refractivity contribution in [1.82, 2.24) is 14.9 Å².